The minimum Gasteiger partial charge on any atom is -0.354 e. The second kappa shape index (κ2) is 5.50. The van der Waals surface area contributed by atoms with Crippen molar-refractivity contribution in [3.05, 3.63) is 30.1 Å². The number of carbonyl (C=O) groups excluding carboxylic acids is 1. The van der Waals surface area contributed by atoms with Crippen LogP contribution in [0.3, 0.4) is 0 Å². The molecule has 3 N–H and O–H groups in total. The van der Waals surface area contributed by atoms with Crippen molar-refractivity contribution in [3.8, 4) is 0 Å². The summed E-state index contributed by atoms with van der Waals surface area (Å²) in [4.78, 5) is 18.8. The summed E-state index contributed by atoms with van der Waals surface area (Å²) in [5.41, 5.74) is 7.23. The summed E-state index contributed by atoms with van der Waals surface area (Å²) in [6.45, 7) is 3.74. The monoisotopic (exact) mass is 274 g/mol. The number of nitrogens with zero attached hydrogens (tertiary/aromatic N) is 2. The van der Waals surface area contributed by atoms with Gasteiger partial charge in [-0.25, -0.2) is 0 Å². The van der Waals surface area contributed by atoms with Crippen molar-refractivity contribution < 1.29 is 4.79 Å². The topological polar surface area (TPSA) is 71.2 Å². The van der Waals surface area contributed by atoms with Gasteiger partial charge in [-0.2, -0.15) is 0 Å². The molecule has 0 radical (unpaired) electrons. The maximum Gasteiger partial charge on any atom is 0.224 e. The van der Waals surface area contributed by atoms with E-state index in [0.717, 1.165) is 31.6 Å². The smallest absolute Gasteiger partial charge is 0.224 e. The summed E-state index contributed by atoms with van der Waals surface area (Å²) in [5.74, 6) is 0.317. The molecule has 0 saturated carbocycles. The van der Waals surface area contributed by atoms with Gasteiger partial charge in [0.2, 0.25) is 5.91 Å². The zero-order valence-electron chi connectivity index (χ0n) is 11.8. The number of hydrogen-bond donors (Lipinski definition) is 2. The van der Waals surface area contributed by atoms with Gasteiger partial charge in [-0.1, -0.05) is 6.07 Å². The molecule has 4 atom stereocenters. The molecule has 0 bridgehead atoms. The molecule has 2 aliphatic heterocycles. The van der Waals surface area contributed by atoms with E-state index in [0.29, 0.717) is 0 Å². The van der Waals surface area contributed by atoms with Crippen LogP contribution in [0.5, 0.6) is 0 Å². The molecule has 2 fully saturated rings. The first kappa shape index (κ1) is 13.5. The lowest BCUT2D eigenvalue weighted by molar-refractivity contribution is -0.124. The molecule has 1 aromatic rings. The number of aromatic nitrogens is 1. The van der Waals surface area contributed by atoms with E-state index in [9.17, 15) is 4.79 Å². The van der Waals surface area contributed by atoms with E-state index < -0.39 is 0 Å². The van der Waals surface area contributed by atoms with E-state index in [4.69, 9.17) is 5.73 Å². The van der Waals surface area contributed by atoms with E-state index in [1.54, 1.807) is 0 Å². The van der Waals surface area contributed by atoms with Crippen LogP contribution in [0, 0.1) is 5.92 Å². The van der Waals surface area contributed by atoms with Gasteiger partial charge in [0.15, 0.2) is 0 Å². The number of carbonyl (C=O) groups is 1. The van der Waals surface area contributed by atoms with Gasteiger partial charge in [0.25, 0.3) is 0 Å². The largest absolute Gasteiger partial charge is 0.354 e. The Morgan fingerprint density at radius 2 is 2.35 bits per heavy atom. The van der Waals surface area contributed by atoms with Gasteiger partial charge in [0, 0.05) is 24.8 Å². The molecule has 3 heterocycles. The fourth-order valence-corrected chi connectivity index (χ4v) is 3.62. The Morgan fingerprint density at radius 3 is 3.05 bits per heavy atom. The van der Waals surface area contributed by atoms with Crippen LogP contribution >= 0.6 is 0 Å². The zero-order chi connectivity index (χ0) is 14.1. The number of likely N-dealkylation sites (tertiary alicyclic amines) is 1. The highest BCUT2D eigenvalue weighted by molar-refractivity contribution is 5.82. The van der Waals surface area contributed by atoms with Crippen LogP contribution in [0.2, 0.25) is 0 Å². The standard InChI is InChI=1S/C15H22N4O/c1-10(16)14(12-6-2-3-7-17-12)19-8-4-5-11-13(19)9-18-15(11)20/h2-3,6-7,10-11,13-14H,4-5,8-9,16H2,1H3,(H,18,20). The summed E-state index contributed by atoms with van der Waals surface area (Å²) in [6, 6.07) is 6.27. The minimum atomic E-state index is -0.0145. The number of amides is 1. The predicted octanol–water partition coefficient (Wildman–Crippen LogP) is 0.680. The molecule has 0 aromatic carbocycles. The Kier molecular flexibility index (Phi) is 3.72. The van der Waals surface area contributed by atoms with Crippen molar-refractivity contribution in [2.45, 2.75) is 37.9 Å². The highest BCUT2D eigenvalue weighted by atomic mass is 16.2. The van der Waals surface area contributed by atoms with Gasteiger partial charge >= 0.3 is 0 Å². The molecular formula is C15H22N4O. The van der Waals surface area contributed by atoms with Crippen LogP contribution in [0.15, 0.2) is 24.4 Å². The average molecular weight is 274 g/mol. The zero-order valence-corrected chi connectivity index (χ0v) is 11.8. The summed E-state index contributed by atoms with van der Waals surface area (Å²) >= 11 is 0. The molecule has 2 aliphatic rings. The fourth-order valence-electron chi connectivity index (χ4n) is 3.62. The van der Waals surface area contributed by atoms with Crippen LogP contribution < -0.4 is 11.1 Å². The van der Waals surface area contributed by atoms with E-state index in [1.165, 1.54) is 0 Å². The maximum absolute atomic E-state index is 11.9. The molecule has 4 unspecified atom stereocenters. The number of piperidine rings is 1. The van der Waals surface area contributed by atoms with Crippen molar-refractivity contribution >= 4 is 5.91 Å². The normalized spacial score (nSPS) is 29.6. The third-order valence-corrected chi connectivity index (χ3v) is 4.49. The van der Waals surface area contributed by atoms with Crippen LogP contribution in [-0.2, 0) is 4.79 Å². The van der Waals surface area contributed by atoms with Gasteiger partial charge in [-0.05, 0) is 38.4 Å². The van der Waals surface area contributed by atoms with Crippen molar-refractivity contribution in [2.24, 2.45) is 11.7 Å². The van der Waals surface area contributed by atoms with Crippen LogP contribution in [-0.4, -0.2) is 41.0 Å². The second-order valence-electron chi connectivity index (χ2n) is 5.86. The van der Waals surface area contributed by atoms with E-state index in [-0.39, 0.29) is 30.0 Å². The number of nitrogens with two attached hydrogens (primary N) is 1. The first-order chi connectivity index (χ1) is 9.68. The SMILES string of the molecule is CC(N)C(c1ccccn1)N1CCCC2C(=O)NCC21. The number of fused-ring (bicyclic) bond motifs is 1. The molecule has 0 aliphatic carbocycles. The molecule has 108 valence electrons. The quantitative estimate of drug-likeness (QED) is 0.850. The van der Waals surface area contributed by atoms with Gasteiger partial charge in [-0.3, -0.25) is 14.7 Å². The van der Waals surface area contributed by atoms with Crippen molar-refractivity contribution in [3.63, 3.8) is 0 Å². The second-order valence-corrected chi connectivity index (χ2v) is 5.86. The molecule has 5 nitrogen and oxygen atoms in total. The number of rotatable bonds is 3. The first-order valence-corrected chi connectivity index (χ1v) is 7.38. The van der Waals surface area contributed by atoms with Gasteiger partial charge in [-0.15, -0.1) is 0 Å². The highest BCUT2D eigenvalue weighted by Crippen LogP contribution is 2.34. The number of pyridine rings is 1. The summed E-state index contributed by atoms with van der Waals surface area (Å²) in [7, 11) is 0. The lowest BCUT2D eigenvalue weighted by Gasteiger charge is -2.42. The summed E-state index contributed by atoms with van der Waals surface area (Å²) in [5, 5.41) is 2.99. The predicted molar refractivity (Wildman–Crippen MR) is 76.9 cm³/mol. The lowest BCUT2D eigenvalue weighted by atomic mass is 9.88. The van der Waals surface area contributed by atoms with Crippen molar-refractivity contribution in [1.82, 2.24) is 15.2 Å². The lowest BCUT2D eigenvalue weighted by Crippen LogP contribution is -2.51. The van der Waals surface area contributed by atoms with Crippen molar-refractivity contribution in [2.75, 3.05) is 13.1 Å². The average Bonchev–Trinajstić information content (AvgIpc) is 2.83. The molecule has 5 heteroatoms. The van der Waals surface area contributed by atoms with Crippen molar-refractivity contribution in [1.29, 1.82) is 0 Å². The summed E-state index contributed by atoms with van der Waals surface area (Å²) < 4.78 is 0. The first-order valence-electron chi connectivity index (χ1n) is 7.38. The van der Waals surface area contributed by atoms with Gasteiger partial charge in [0.05, 0.1) is 17.7 Å². The fraction of sp³-hybridized carbons (Fsp3) is 0.600. The minimum absolute atomic E-state index is 0.0145. The molecule has 3 rings (SSSR count). The molecule has 1 amide bonds. The van der Waals surface area contributed by atoms with E-state index in [1.807, 2.05) is 31.3 Å². The highest BCUT2D eigenvalue weighted by Gasteiger charge is 2.44. The Morgan fingerprint density at radius 1 is 1.50 bits per heavy atom. The third-order valence-electron chi connectivity index (χ3n) is 4.49. The summed E-state index contributed by atoms with van der Waals surface area (Å²) in [6.07, 6.45) is 3.84. The Hall–Kier alpha value is -1.46. The number of nitrogens with one attached hydrogen (secondary N) is 1. The Balaban J connectivity index is 1.90. The molecule has 2 saturated heterocycles. The van der Waals surface area contributed by atoms with Crippen LogP contribution in [0.1, 0.15) is 31.5 Å². The Labute approximate surface area is 119 Å². The maximum atomic E-state index is 11.9. The van der Waals surface area contributed by atoms with Crippen LogP contribution in [0.25, 0.3) is 0 Å². The molecule has 20 heavy (non-hydrogen) atoms. The van der Waals surface area contributed by atoms with E-state index >= 15 is 0 Å². The van der Waals surface area contributed by atoms with E-state index in [2.05, 4.69) is 15.2 Å². The Bertz CT molecular complexity index is 476. The van der Waals surface area contributed by atoms with Gasteiger partial charge in [0.1, 0.15) is 0 Å². The van der Waals surface area contributed by atoms with Crippen LogP contribution in [0.4, 0.5) is 0 Å². The van der Waals surface area contributed by atoms with Gasteiger partial charge < -0.3 is 11.1 Å². The third kappa shape index (κ3) is 2.31. The molecular weight excluding hydrogens is 252 g/mol. The molecule has 0 spiro atoms. The molecule has 1 aromatic heterocycles. The number of hydrogen-bond acceptors (Lipinski definition) is 4.